The standard InChI is InChI=1S/C39H41NO22S.2Na/c1-10-5-17-23(30(47)20(10)36(51)40-11(2)37(52)53)22-15(8-16-24(31(22)48)27(44)14-6-13(57-4)7-18(41)21(14)26(16)43)28(45)34(17)60-39-33(50)35(25(42)12(3)59-39)61-38-32(49)29(46)19(9-58-38)62-63(54,55)56;;/h5-8,11-12,19,25,28-29,32-35,38-39,41-42,45-50H,9H2,1-4H3,(H,40,51)(H,52,53)(H,54,55,56);;/q;2*+1/p-2. The summed E-state index contributed by atoms with van der Waals surface area (Å²) < 4.78 is 63.6. The number of aliphatic carboxylic acids is 1. The number of phenolic OH excluding ortho intramolecular Hbond substituents is 1. The maximum absolute atomic E-state index is 14.6. The largest absolute Gasteiger partial charge is 1.00 e. The van der Waals surface area contributed by atoms with Crippen LogP contribution in [-0.4, -0.2) is 147 Å². The molecule has 2 saturated heterocycles. The number of carbonyl (C=O) groups is 4. The Kier molecular flexibility index (Phi) is 16.0. The summed E-state index contributed by atoms with van der Waals surface area (Å²) in [5, 5.41) is 107. The number of ether oxygens (including phenoxy) is 5. The second-order valence-corrected chi connectivity index (χ2v) is 16.3. The molecule has 65 heavy (non-hydrogen) atoms. The van der Waals surface area contributed by atoms with Crippen molar-refractivity contribution in [1.29, 1.82) is 0 Å². The van der Waals surface area contributed by atoms with E-state index < -0.39 is 176 Å². The Balaban J connectivity index is 0.00000397. The molecule has 23 nitrogen and oxygen atoms in total. The summed E-state index contributed by atoms with van der Waals surface area (Å²) in [6.07, 6.45) is -20.7. The maximum atomic E-state index is 14.6. The number of aliphatic hydroxyl groups excluding tert-OH is 5. The molecule has 1 amide bonds. The van der Waals surface area contributed by atoms with Gasteiger partial charge in [0.25, 0.3) is 5.91 Å². The van der Waals surface area contributed by atoms with Crippen molar-refractivity contribution < 1.29 is 165 Å². The zero-order chi connectivity index (χ0) is 46.3. The molecular weight excluding hydrogens is 912 g/mol. The van der Waals surface area contributed by atoms with Gasteiger partial charge in [0.15, 0.2) is 24.1 Å². The number of amides is 1. The predicted octanol–water partition coefficient (Wildman–Crippen LogP) is -8.27. The third-order valence-electron chi connectivity index (χ3n) is 11.2. The van der Waals surface area contributed by atoms with Crippen LogP contribution in [0, 0.1) is 6.92 Å². The van der Waals surface area contributed by atoms with Crippen LogP contribution in [0.4, 0.5) is 0 Å². The van der Waals surface area contributed by atoms with E-state index in [1.165, 1.54) is 21.0 Å². The van der Waals surface area contributed by atoms with Crippen LogP contribution in [-0.2, 0) is 38.3 Å². The van der Waals surface area contributed by atoms with Gasteiger partial charge in [-0.3, -0.25) is 23.7 Å². The van der Waals surface area contributed by atoms with E-state index in [4.69, 9.17) is 28.2 Å². The molecule has 9 N–H and O–H groups in total. The SMILES string of the molecule is COc1cc(O)c2c(c1)C(=O)c1c(cc3c(c1[O-])-c1c(cc(C)c(C(=O)NC(C)C(=O)O)c1[O-])C(OC1OC(C)C(O)C(OC4OCC(OS(=O)(=O)O)C(O)C4O)C1O)C3O)C2=O.[Na+].[Na+]. The molecular formula is C39H39NNa2O22S. The Labute approximate surface area is 412 Å². The molecule has 12 unspecified atom stereocenters. The molecule has 0 aromatic heterocycles. The van der Waals surface area contributed by atoms with E-state index in [0.29, 0.717) is 0 Å². The monoisotopic (exact) mass is 951 g/mol. The Hall–Kier alpha value is -3.35. The number of aliphatic hydroxyl groups is 5. The van der Waals surface area contributed by atoms with Gasteiger partial charge in [0, 0.05) is 28.3 Å². The summed E-state index contributed by atoms with van der Waals surface area (Å²) in [5.74, 6) is -7.94. The van der Waals surface area contributed by atoms with Crippen molar-refractivity contribution in [3.05, 3.63) is 68.8 Å². The quantitative estimate of drug-likeness (QED) is 0.0526. The second-order valence-electron chi connectivity index (χ2n) is 15.3. The predicted molar refractivity (Wildman–Crippen MR) is 200 cm³/mol. The number of carboxylic acids is 1. The summed E-state index contributed by atoms with van der Waals surface area (Å²) in [7, 11) is -3.90. The van der Waals surface area contributed by atoms with Gasteiger partial charge in [-0.2, -0.15) is 8.42 Å². The number of carbonyl (C=O) groups excluding carboxylic acids is 3. The van der Waals surface area contributed by atoms with Gasteiger partial charge in [-0.1, -0.05) is 17.6 Å². The molecule has 12 atom stereocenters. The van der Waals surface area contributed by atoms with Crippen LogP contribution in [0.5, 0.6) is 23.0 Å². The molecule has 0 saturated carbocycles. The second kappa shape index (κ2) is 19.7. The van der Waals surface area contributed by atoms with Crippen LogP contribution < -0.4 is 79.4 Å². The van der Waals surface area contributed by atoms with Crippen LogP contribution in [0.1, 0.15) is 84.9 Å². The molecule has 2 heterocycles. The van der Waals surface area contributed by atoms with Gasteiger partial charge in [0.1, 0.15) is 66.4 Å². The number of ketones is 2. The first kappa shape index (κ1) is 52.6. The number of aromatic hydroxyl groups is 1. The smallest absolute Gasteiger partial charge is 0.872 e. The Morgan fingerprint density at radius 1 is 0.846 bits per heavy atom. The Bertz CT molecular complexity index is 2540. The number of rotatable bonds is 10. The van der Waals surface area contributed by atoms with E-state index in [1.54, 1.807) is 0 Å². The van der Waals surface area contributed by atoms with Crippen LogP contribution in [0.3, 0.4) is 0 Å². The summed E-state index contributed by atoms with van der Waals surface area (Å²) in [6.45, 7) is 2.89. The number of fused-ring (bicyclic) bond motifs is 5. The number of hydrogen-bond donors (Lipinski definition) is 9. The first-order chi connectivity index (χ1) is 29.5. The Morgan fingerprint density at radius 3 is 2.08 bits per heavy atom. The first-order valence-electron chi connectivity index (χ1n) is 18.9. The van der Waals surface area contributed by atoms with E-state index in [1.807, 2.05) is 0 Å². The van der Waals surface area contributed by atoms with Crippen LogP contribution in [0.2, 0.25) is 0 Å². The van der Waals surface area contributed by atoms with Gasteiger partial charge < -0.3 is 75.0 Å². The summed E-state index contributed by atoms with van der Waals surface area (Å²) in [6, 6.07) is 2.73. The van der Waals surface area contributed by atoms with Crippen LogP contribution in [0.15, 0.2) is 24.3 Å². The van der Waals surface area contributed by atoms with Crippen LogP contribution >= 0.6 is 0 Å². The molecule has 3 aromatic carbocycles. The van der Waals surface area contributed by atoms with Crippen molar-refractivity contribution in [2.75, 3.05) is 13.7 Å². The van der Waals surface area contributed by atoms with Crippen LogP contribution in [0.25, 0.3) is 11.1 Å². The van der Waals surface area contributed by atoms with Gasteiger partial charge in [-0.05, 0) is 60.7 Å². The van der Waals surface area contributed by atoms with E-state index in [-0.39, 0.29) is 76.0 Å². The minimum Gasteiger partial charge on any atom is -0.872 e. The number of carboxylic acid groups (broad SMARTS) is 1. The molecule has 340 valence electrons. The van der Waals surface area contributed by atoms with Gasteiger partial charge in [0.05, 0.1) is 25.4 Å². The van der Waals surface area contributed by atoms with Crippen molar-refractivity contribution in [1.82, 2.24) is 5.32 Å². The van der Waals surface area contributed by atoms with E-state index in [2.05, 4.69) is 9.50 Å². The van der Waals surface area contributed by atoms with E-state index in [0.717, 1.165) is 31.2 Å². The van der Waals surface area contributed by atoms with Gasteiger partial charge >= 0.3 is 75.5 Å². The topological polar surface area (TPSA) is 378 Å². The van der Waals surface area contributed by atoms with E-state index in [9.17, 15) is 73.6 Å². The van der Waals surface area contributed by atoms with Crippen molar-refractivity contribution in [2.24, 2.45) is 0 Å². The van der Waals surface area contributed by atoms with E-state index >= 15 is 0 Å². The number of nitrogens with one attached hydrogen (secondary N) is 1. The fourth-order valence-electron chi connectivity index (χ4n) is 8.07. The number of phenols is 1. The first-order valence-corrected chi connectivity index (χ1v) is 20.2. The molecule has 4 aliphatic rings. The minimum atomic E-state index is -5.11. The molecule has 26 heteroatoms. The number of benzene rings is 3. The van der Waals surface area contributed by atoms with Gasteiger partial charge in [0.2, 0.25) is 0 Å². The van der Waals surface area contributed by atoms with Gasteiger partial charge in [-0.15, -0.1) is 0 Å². The van der Waals surface area contributed by atoms with Crippen molar-refractivity contribution >= 4 is 33.8 Å². The zero-order valence-corrected chi connectivity index (χ0v) is 40.0. The summed E-state index contributed by atoms with van der Waals surface area (Å²) >= 11 is 0. The molecule has 2 fully saturated rings. The average Bonchev–Trinajstić information content (AvgIpc) is 3.20. The van der Waals surface area contributed by atoms with Gasteiger partial charge in [-0.25, -0.2) is 4.18 Å². The normalized spacial score (nSPS) is 28.6. The number of methoxy groups -OCH3 is 1. The minimum absolute atomic E-state index is 0. The molecule has 0 bridgehead atoms. The molecule has 2 aliphatic carbocycles. The molecule has 0 spiro atoms. The maximum Gasteiger partial charge on any atom is 1.00 e. The Morgan fingerprint density at radius 2 is 1.46 bits per heavy atom. The van der Waals surface area contributed by atoms with Crippen molar-refractivity contribution in [3.8, 4) is 34.1 Å². The number of aryl methyl sites for hydroxylation is 1. The average molecular weight is 952 g/mol. The molecule has 7 rings (SSSR count). The van der Waals surface area contributed by atoms with Crippen molar-refractivity contribution in [3.63, 3.8) is 0 Å². The molecule has 0 radical (unpaired) electrons. The molecule has 2 aliphatic heterocycles. The third kappa shape index (κ3) is 9.44. The molecule has 3 aromatic rings. The third-order valence-corrected chi connectivity index (χ3v) is 11.7. The fraction of sp³-hybridized carbons (Fsp3) is 0.436. The fourth-order valence-corrected chi connectivity index (χ4v) is 8.55. The zero-order valence-electron chi connectivity index (χ0n) is 35.1. The van der Waals surface area contributed by atoms with Crippen molar-refractivity contribution in [2.45, 2.75) is 94.3 Å². The summed E-state index contributed by atoms with van der Waals surface area (Å²) in [4.78, 5) is 53.1. The number of hydrogen-bond acceptors (Lipinski definition) is 20. The summed E-state index contributed by atoms with van der Waals surface area (Å²) in [5.41, 5.74) is -5.16.